The van der Waals surface area contributed by atoms with Gasteiger partial charge in [0.15, 0.2) is 5.82 Å². The van der Waals surface area contributed by atoms with Crippen LogP contribution in [0.25, 0.3) is 0 Å². The van der Waals surface area contributed by atoms with Crippen molar-refractivity contribution < 1.29 is 9.18 Å². The highest BCUT2D eigenvalue weighted by atomic mass is 19.1. The quantitative estimate of drug-likeness (QED) is 0.797. The van der Waals surface area contributed by atoms with Crippen molar-refractivity contribution >= 4 is 11.7 Å². The number of rotatable bonds is 7. The summed E-state index contributed by atoms with van der Waals surface area (Å²) in [5.41, 5.74) is 0.874. The summed E-state index contributed by atoms with van der Waals surface area (Å²) in [4.78, 5) is 14.2. The molecule has 1 aromatic carbocycles. The standard InChI is InChI=1S/C18H22FN5O/c19-15-7-5-14(6-8-15)11-21-18(25)13-20-12-16-3-2-10-24(16)17-4-1-9-22-23-17/h1,4-9,16,20H,2-3,10-13H2,(H,21,25)/t16-/m0/s1. The number of halogens is 1. The number of hydrogen-bond donors (Lipinski definition) is 2. The number of amides is 1. The highest BCUT2D eigenvalue weighted by molar-refractivity contribution is 5.77. The molecule has 0 unspecified atom stereocenters. The molecule has 0 bridgehead atoms. The van der Waals surface area contributed by atoms with Crippen LogP contribution in [0.4, 0.5) is 10.2 Å². The summed E-state index contributed by atoms with van der Waals surface area (Å²) in [6.45, 7) is 2.34. The molecule has 1 fully saturated rings. The molecular formula is C18H22FN5O. The molecule has 6 nitrogen and oxygen atoms in total. The summed E-state index contributed by atoms with van der Waals surface area (Å²) in [7, 11) is 0. The zero-order valence-electron chi connectivity index (χ0n) is 14.0. The van der Waals surface area contributed by atoms with Gasteiger partial charge in [-0.25, -0.2) is 4.39 Å². The lowest BCUT2D eigenvalue weighted by Gasteiger charge is -2.25. The van der Waals surface area contributed by atoms with E-state index in [1.54, 1.807) is 18.3 Å². The predicted molar refractivity (Wildman–Crippen MR) is 93.5 cm³/mol. The van der Waals surface area contributed by atoms with Crippen LogP contribution in [0.3, 0.4) is 0 Å². The number of hydrogen-bond acceptors (Lipinski definition) is 5. The van der Waals surface area contributed by atoms with E-state index in [0.29, 0.717) is 12.6 Å². The third kappa shape index (κ3) is 4.96. The molecule has 3 rings (SSSR count). The molecule has 1 aliphatic rings. The van der Waals surface area contributed by atoms with E-state index < -0.39 is 0 Å². The van der Waals surface area contributed by atoms with Crippen molar-refractivity contribution in [3.05, 3.63) is 54.0 Å². The largest absolute Gasteiger partial charge is 0.351 e. The van der Waals surface area contributed by atoms with Crippen molar-refractivity contribution in [1.82, 2.24) is 20.8 Å². The second kappa shape index (κ2) is 8.53. The Morgan fingerprint density at radius 3 is 2.88 bits per heavy atom. The number of nitrogens with one attached hydrogen (secondary N) is 2. The average molecular weight is 343 g/mol. The van der Waals surface area contributed by atoms with Crippen LogP contribution < -0.4 is 15.5 Å². The summed E-state index contributed by atoms with van der Waals surface area (Å²) in [6, 6.07) is 10.3. The Labute approximate surface area is 146 Å². The fourth-order valence-electron chi connectivity index (χ4n) is 3.01. The van der Waals surface area contributed by atoms with Gasteiger partial charge >= 0.3 is 0 Å². The Balaban J connectivity index is 1.40. The van der Waals surface area contributed by atoms with Crippen molar-refractivity contribution in [1.29, 1.82) is 0 Å². The molecule has 2 aromatic rings. The number of benzene rings is 1. The first kappa shape index (κ1) is 17.3. The van der Waals surface area contributed by atoms with E-state index in [1.807, 2.05) is 12.1 Å². The van der Waals surface area contributed by atoms with Gasteiger partial charge in [0, 0.05) is 31.9 Å². The molecule has 2 N–H and O–H groups in total. The van der Waals surface area contributed by atoms with E-state index in [2.05, 4.69) is 25.7 Å². The highest BCUT2D eigenvalue weighted by Gasteiger charge is 2.25. The molecule has 25 heavy (non-hydrogen) atoms. The number of carbonyl (C=O) groups excluding carboxylic acids is 1. The lowest BCUT2D eigenvalue weighted by atomic mass is 10.2. The fourth-order valence-corrected chi connectivity index (χ4v) is 3.01. The normalized spacial score (nSPS) is 16.8. The molecule has 1 amide bonds. The summed E-state index contributed by atoms with van der Waals surface area (Å²) >= 11 is 0. The smallest absolute Gasteiger partial charge is 0.234 e. The molecule has 132 valence electrons. The minimum absolute atomic E-state index is 0.0756. The van der Waals surface area contributed by atoms with Gasteiger partial charge < -0.3 is 15.5 Å². The lowest BCUT2D eigenvalue weighted by Crippen LogP contribution is -2.42. The van der Waals surface area contributed by atoms with Gasteiger partial charge in [0.05, 0.1) is 6.54 Å². The minimum atomic E-state index is -0.277. The Hall–Kier alpha value is -2.54. The van der Waals surface area contributed by atoms with E-state index in [-0.39, 0.29) is 18.3 Å². The zero-order chi connectivity index (χ0) is 17.5. The summed E-state index contributed by atoms with van der Waals surface area (Å²) in [5.74, 6) is 0.530. The van der Waals surface area contributed by atoms with Gasteiger partial charge in [-0.05, 0) is 42.7 Å². The van der Waals surface area contributed by atoms with Crippen LogP contribution in [0, 0.1) is 5.82 Å². The highest BCUT2D eigenvalue weighted by Crippen LogP contribution is 2.22. The van der Waals surface area contributed by atoms with E-state index in [1.165, 1.54) is 12.1 Å². The number of anilines is 1. The van der Waals surface area contributed by atoms with Gasteiger partial charge in [-0.2, -0.15) is 5.10 Å². The predicted octanol–water partition coefficient (Wildman–Crippen LogP) is 1.49. The average Bonchev–Trinajstić information content (AvgIpc) is 3.10. The molecule has 0 aliphatic carbocycles. The van der Waals surface area contributed by atoms with Crippen molar-refractivity contribution in [2.24, 2.45) is 0 Å². The maximum atomic E-state index is 12.8. The summed E-state index contributed by atoms with van der Waals surface area (Å²) in [5, 5.41) is 14.1. The van der Waals surface area contributed by atoms with Crippen molar-refractivity contribution in [2.75, 3.05) is 24.5 Å². The van der Waals surface area contributed by atoms with Gasteiger partial charge in [0.25, 0.3) is 0 Å². The van der Waals surface area contributed by atoms with Crippen molar-refractivity contribution in [3.8, 4) is 0 Å². The molecule has 2 heterocycles. The molecule has 1 saturated heterocycles. The Morgan fingerprint density at radius 2 is 2.12 bits per heavy atom. The Morgan fingerprint density at radius 1 is 1.28 bits per heavy atom. The van der Waals surface area contributed by atoms with Gasteiger partial charge in [-0.1, -0.05) is 12.1 Å². The van der Waals surface area contributed by atoms with Crippen LogP contribution in [0.5, 0.6) is 0 Å². The second-order valence-electron chi connectivity index (χ2n) is 6.11. The SMILES string of the molecule is O=C(CNC[C@@H]1CCCN1c1cccnn1)NCc1ccc(F)cc1. The maximum Gasteiger partial charge on any atom is 0.234 e. The van der Waals surface area contributed by atoms with Crippen LogP contribution in [0.15, 0.2) is 42.6 Å². The van der Waals surface area contributed by atoms with Crippen molar-refractivity contribution in [2.45, 2.75) is 25.4 Å². The molecule has 0 spiro atoms. The molecule has 0 radical (unpaired) electrons. The minimum Gasteiger partial charge on any atom is -0.351 e. The number of nitrogens with zero attached hydrogens (tertiary/aromatic N) is 3. The Bertz CT molecular complexity index is 680. The van der Waals surface area contributed by atoms with Crippen molar-refractivity contribution in [3.63, 3.8) is 0 Å². The van der Waals surface area contributed by atoms with Crippen LogP contribution in [-0.4, -0.2) is 41.8 Å². The number of aromatic nitrogens is 2. The van der Waals surface area contributed by atoms with Gasteiger partial charge in [-0.15, -0.1) is 5.10 Å². The molecule has 1 aliphatic heterocycles. The second-order valence-corrected chi connectivity index (χ2v) is 6.11. The molecule has 0 saturated carbocycles. The third-order valence-electron chi connectivity index (χ3n) is 4.30. The molecular weight excluding hydrogens is 321 g/mol. The van der Waals surface area contributed by atoms with E-state index >= 15 is 0 Å². The monoisotopic (exact) mass is 343 g/mol. The molecule has 7 heteroatoms. The van der Waals surface area contributed by atoms with Crippen LogP contribution in [0.1, 0.15) is 18.4 Å². The van der Waals surface area contributed by atoms with Gasteiger partial charge in [-0.3, -0.25) is 4.79 Å². The molecule has 1 atom stereocenters. The Kier molecular flexibility index (Phi) is 5.90. The first-order valence-electron chi connectivity index (χ1n) is 8.48. The first-order valence-corrected chi connectivity index (χ1v) is 8.48. The lowest BCUT2D eigenvalue weighted by molar-refractivity contribution is -0.120. The summed E-state index contributed by atoms with van der Waals surface area (Å²) in [6.07, 6.45) is 3.85. The third-order valence-corrected chi connectivity index (χ3v) is 4.30. The van der Waals surface area contributed by atoms with E-state index in [0.717, 1.165) is 37.3 Å². The van der Waals surface area contributed by atoms with Gasteiger partial charge in [0.1, 0.15) is 5.82 Å². The van der Waals surface area contributed by atoms with Gasteiger partial charge in [0.2, 0.25) is 5.91 Å². The van der Waals surface area contributed by atoms with E-state index in [9.17, 15) is 9.18 Å². The van der Waals surface area contributed by atoms with E-state index in [4.69, 9.17) is 0 Å². The summed E-state index contributed by atoms with van der Waals surface area (Å²) < 4.78 is 12.8. The molecule has 1 aromatic heterocycles. The first-order chi connectivity index (χ1) is 12.2. The number of carbonyl (C=O) groups is 1. The van der Waals surface area contributed by atoms with Crippen LogP contribution in [0.2, 0.25) is 0 Å². The zero-order valence-corrected chi connectivity index (χ0v) is 14.0. The topological polar surface area (TPSA) is 70.2 Å². The van der Waals surface area contributed by atoms with Crippen LogP contribution >= 0.6 is 0 Å². The van der Waals surface area contributed by atoms with Crippen LogP contribution in [-0.2, 0) is 11.3 Å². The fraction of sp³-hybridized carbons (Fsp3) is 0.389. The maximum absolute atomic E-state index is 12.8.